The van der Waals surface area contributed by atoms with E-state index in [1.807, 2.05) is 0 Å². The second-order valence-electron chi connectivity index (χ2n) is 2.85. The van der Waals surface area contributed by atoms with E-state index in [1.54, 1.807) is 0 Å². The number of hydrogen-bond donors (Lipinski definition) is 1. The third kappa shape index (κ3) is 2.05. The molecule has 0 aliphatic rings. The molecular weight excluding hydrogens is 199 g/mol. The van der Waals surface area contributed by atoms with Crippen LogP contribution in [0.25, 0.3) is 0 Å². The molecule has 1 aromatic rings. The third-order valence-electron chi connectivity index (χ3n) is 1.83. The van der Waals surface area contributed by atoms with Gasteiger partial charge in [-0.25, -0.2) is 5.90 Å². The molecule has 0 amide bonds. The van der Waals surface area contributed by atoms with Gasteiger partial charge < -0.3 is 0 Å². The van der Waals surface area contributed by atoms with Crippen LogP contribution in [0.2, 0.25) is 0 Å². The predicted octanol–water partition coefficient (Wildman–Crippen LogP) is 1.39. The van der Waals surface area contributed by atoms with E-state index in [9.17, 15) is 13.2 Å². The molecule has 0 saturated carbocycles. The Morgan fingerprint density at radius 3 is 2.50 bits per heavy atom. The molecule has 7 heteroatoms. The van der Waals surface area contributed by atoms with Crippen LogP contribution < -0.4 is 5.90 Å². The topological polar surface area (TPSA) is 53.1 Å². The Labute approximate surface area is 78.4 Å². The van der Waals surface area contributed by atoms with Crippen LogP contribution in [0.5, 0.6) is 0 Å². The summed E-state index contributed by atoms with van der Waals surface area (Å²) in [6.07, 6.45) is -5.06. The molecule has 14 heavy (non-hydrogen) atoms. The normalized spacial score (nSPS) is 14.4. The van der Waals surface area contributed by atoms with E-state index < -0.39 is 18.0 Å². The van der Waals surface area contributed by atoms with Crippen molar-refractivity contribution in [2.24, 2.45) is 12.9 Å². The highest BCUT2D eigenvalue weighted by molar-refractivity contribution is 5.14. The second kappa shape index (κ2) is 3.58. The van der Waals surface area contributed by atoms with Crippen molar-refractivity contribution in [1.29, 1.82) is 0 Å². The minimum Gasteiger partial charge on any atom is -0.295 e. The summed E-state index contributed by atoms with van der Waals surface area (Å²) in [5.41, 5.74) is -0.668. The number of alkyl halides is 3. The van der Waals surface area contributed by atoms with Crippen LogP contribution in [-0.4, -0.2) is 9.78 Å². The zero-order valence-electron chi connectivity index (χ0n) is 7.67. The highest BCUT2D eigenvalue weighted by atomic mass is 19.4. The van der Waals surface area contributed by atoms with Crippen molar-refractivity contribution in [3.63, 3.8) is 0 Å². The van der Waals surface area contributed by atoms with Crippen molar-refractivity contribution in [2.45, 2.75) is 19.2 Å². The molecule has 1 unspecified atom stereocenters. The maximum absolute atomic E-state index is 12.2. The lowest BCUT2D eigenvalue weighted by atomic mass is 10.2. The number of hydrogen-bond acceptors (Lipinski definition) is 3. The Morgan fingerprint density at radius 1 is 1.57 bits per heavy atom. The van der Waals surface area contributed by atoms with Gasteiger partial charge in [-0.15, -0.1) is 0 Å². The summed E-state index contributed by atoms with van der Waals surface area (Å²) in [6.45, 7) is 1.54. The monoisotopic (exact) mass is 209 g/mol. The minimum atomic E-state index is -4.44. The number of rotatable bonds is 2. The maximum Gasteiger partial charge on any atom is 0.435 e. The lowest BCUT2D eigenvalue weighted by Gasteiger charge is -2.07. The molecule has 0 aromatic carbocycles. The first-order valence-corrected chi connectivity index (χ1v) is 3.83. The fourth-order valence-corrected chi connectivity index (χ4v) is 1.07. The lowest BCUT2D eigenvalue weighted by Crippen LogP contribution is -2.09. The van der Waals surface area contributed by atoms with Gasteiger partial charge >= 0.3 is 6.18 Å². The maximum atomic E-state index is 12.2. The molecule has 1 heterocycles. The molecule has 0 aliphatic heterocycles. The zero-order valence-corrected chi connectivity index (χ0v) is 7.67. The lowest BCUT2D eigenvalue weighted by molar-refractivity contribution is -0.141. The average Bonchev–Trinajstić information content (AvgIpc) is 2.45. The molecular formula is C7H10F3N3O. The molecule has 0 spiro atoms. The summed E-state index contributed by atoms with van der Waals surface area (Å²) in [4.78, 5) is 4.41. The van der Waals surface area contributed by atoms with Gasteiger partial charge in [0.25, 0.3) is 0 Å². The van der Waals surface area contributed by atoms with Gasteiger partial charge in [0.05, 0.1) is 5.69 Å². The van der Waals surface area contributed by atoms with Crippen LogP contribution in [0.4, 0.5) is 13.2 Å². The largest absolute Gasteiger partial charge is 0.435 e. The summed E-state index contributed by atoms with van der Waals surface area (Å²) in [5, 5.41) is 3.31. The van der Waals surface area contributed by atoms with Crippen LogP contribution >= 0.6 is 0 Å². The molecule has 4 nitrogen and oxygen atoms in total. The molecule has 80 valence electrons. The fraction of sp³-hybridized carbons (Fsp3) is 0.571. The molecule has 0 bridgehead atoms. The first-order valence-electron chi connectivity index (χ1n) is 3.83. The molecule has 0 radical (unpaired) electrons. The van der Waals surface area contributed by atoms with Gasteiger partial charge in [-0.3, -0.25) is 9.52 Å². The molecule has 0 aliphatic carbocycles. The van der Waals surface area contributed by atoms with Gasteiger partial charge in [0, 0.05) is 7.05 Å². The Bertz CT molecular complexity index is 320. The van der Waals surface area contributed by atoms with E-state index in [1.165, 1.54) is 14.0 Å². The first-order chi connectivity index (χ1) is 6.36. The van der Waals surface area contributed by atoms with E-state index in [0.717, 1.165) is 10.7 Å². The Balaban J connectivity index is 3.05. The van der Waals surface area contributed by atoms with Gasteiger partial charge in [0.1, 0.15) is 6.10 Å². The van der Waals surface area contributed by atoms with E-state index in [-0.39, 0.29) is 5.69 Å². The zero-order chi connectivity index (χ0) is 10.9. The van der Waals surface area contributed by atoms with E-state index >= 15 is 0 Å². The summed E-state index contributed by atoms with van der Waals surface area (Å²) in [7, 11) is 1.40. The molecule has 0 fully saturated rings. The van der Waals surface area contributed by atoms with Crippen molar-refractivity contribution >= 4 is 0 Å². The summed E-state index contributed by atoms with van der Waals surface area (Å²) >= 11 is 0. The van der Waals surface area contributed by atoms with Crippen molar-refractivity contribution in [3.05, 3.63) is 17.5 Å². The standard InChI is InChI=1S/C7H10F3N3O/c1-4(14-11)5-3-6(7(8,9)10)12-13(5)2/h3-4H,11H2,1-2H3. The Kier molecular flexibility index (Phi) is 2.81. The van der Waals surface area contributed by atoms with Crippen LogP contribution in [0.1, 0.15) is 24.4 Å². The van der Waals surface area contributed by atoms with Gasteiger partial charge in [-0.05, 0) is 13.0 Å². The van der Waals surface area contributed by atoms with Crippen LogP contribution in [0.15, 0.2) is 6.07 Å². The molecule has 1 aromatic heterocycles. The fourth-order valence-electron chi connectivity index (χ4n) is 1.07. The van der Waals surface area contributed by atoms with Crippen molar-refractivity contribution in [3.8, 4) is 0 Å². The van der Waals surface area contributed by atoms with Crippen molar-refractivity contribution in [2.75, 3.05) is 0 Å². The highest BCUT2D eigenvalue weighted by Gasteiger charge is 2.35. The summed E-state index contributed by atoms with van der Waals surface area (Å²) < 4.78 is 37.7. The number of nitrogens with two attached hydrogens (primary N) is 1. The smallest absolute Gasteiger partial charge is 0.295 e. The van der Waals surface area contributed by atoms with E-state index in [0.29, 0.717) is 0 Å². The van der Waals surface area contributed by atoms with Gasteiger partial charge in [0.2, 0.25) is 0 Å². The summed E-state index contributed by atoms with van der Waals surface area (Å²) in [5.74, 6) is 4.87. The van der Waals surface area contributed by atoms with E-state index in [4.69, 9.17) is 5.90 Å². The first kappa shape index (κ1) is 11.0. The molecule has 0 saturated heterocycles. The SMILES string of the molecule is CC(ON)c1cc(C(F)(F)F)nn1C. The van der Waals surface area contributed by atoms with Gasteiger partial charge in [0.15, 0.2) is 5.69 Å². The van der Waals surface area contributed by atoms with Gasteiger partial charge in [-0.1, -0.05) is 0 Å². The predicted molar refractivity (Wildman–Crippen MR) is 41.9 cm³/mol. The Hall–Kier alpha value is -1.08. The summed E-state index contributed by atoms with van der Waals surface area (Å²) in [6, 6.07) is 0.914. The highest BCUT2D eigenvalue weighted by Crippen LogP contribution is 2.29. The van der Waals surface area contributed by atoms with Crippen LogP contribution in [0.3, 0.4) is 0 Å². The number of nitrogens with zero attached hydrogens (tertiary/aromatic N) is 2. The second-order valence-corrected chi connectivity index (χ2v) is 2.85. The third-order valence-corrected chi connectivity index (χ3v) is 1.83. The molecule has 1 atom stereocenters. The minimum absolute atomic E-state index is 0.278. The van der Waals surface area contributed by atoms with Gasteiger partial charge in [-0.2, -0.15) is 18.3 Å². The van der Waals surface area contributed by atoms with Crippen LogP contribution in [-0.2, 0) is 18.1 Å². The number of halogens is 3. The molecule has 1 rings (SSSR count). The van der Waals surface area contributed by atoms with Crippen molar-refractivity contribution in [1.82, 2.24) is 9.78 Å². The van der Waals surface area contributed by atoms with E-state index in [2.05, 4.69) is 9.94 Å². The van der Waals surface area contributed by atoms with Crippen molar-refractivity contribution < 1.29 is 18.0 Å². The van der Waals surface area contributed by atoms with Crippen LogP contribution in [0, 0.1) is 0 Å². The number of aryl methyl sites for hydroxylation is 1. The average molecular weight is 209 g/mol. The quantitative estimate of drug-likeness (QED) is 0.749. The Morgan fingerprint density at radius 2 is 2.14 bits per heavy atom. The number of aromatic nitrogens is 2. The molecule has 2 N–H and O–H groups in total.